The lowest BCUT2D eigenvalue weighted by atomic mass is 10.0. The summed E-state index contributed by atoms with van der Waals surface area (Å²) in [6, 6.07) is 3.40. The average Bonchev–Trinajstić information content (AvgIpc) is 3.53. The van der Waals surface area contributed by atoms with Gasteiger partial charge >= 0.3 is 6.18 Å². The van der Waals surface area contributed by atoms with Gasteiger partial charge in [0.15, 0.2) is 11.5 Å². The fourth-order valence-electron chi connectivity index (χ4n) is 3.67. The number of halogens is 3. The minimum atomic E-state index is -4.49. The fraction of sp³-hybridized carbons (Fsp3) is 0.500. The molecule has 3 heterocycles. The van der Waals surface area contributed by atoms with Gasteiger partial charge in [-0.15, -0.1) is 0 Å². The number of hydrogen-bond donors (Lipinski definition) is 0. The van der Waals surface area contributed by atoms with Gasteiger partial charge < -0.3 is 9.80 Å². The molecule has 10 heteroatoms. The number of nitriles is 1. The summed E-state index contributed by atoms with van der Waals surface area (Å²) in [6.07, 6.45) is 2.92. The highest BCUT2D eigenvalue weighted by molar-refractivity contribution is 5.50. The van der Waals surface area contributed by atoms with E-state index in [-0.39, 0.29) is 17.8 Å². The molecule has 2 fully saturated rings. The van der Waals surface area contributed by atoms with E-state index in [4.69, 9.17) is 0 Å². The van der Waals surface area contributed by atoms with Crippen LogP contribution in [-0.2, 0) is 6.18 Å². The van der Waals surface area contributed by atoms with Crippen LogP contribution in [0.1, 0.15) is 37.1 Å². The van der Waals surface area contributed by atoms with Crippen LogP contribution in [0, 0.1) is 11.3 Å². The van der Waals surface area contributed by atoms with Crippen molar-refractivity contribution < 1.29 is 13.2 Å². The summed E-state index contributed by atoms with van der Waals surface area (Å²) >= 11 is 0. The Balaban J connectivity index is 1.52. The largest absolute Gasteiger partial charge is 0.433 e. The van der Waals surface area contributed by atoms with E-state index < -0.39 is 11.9 Å². The predicted molar refractivity (Wildman–Crippen MR) is 94.5 cm³/mol. The number of nitrogens with zero attached hydrogens (tertiary/aromatic N) is 7. The van der Waals surface area contributed by atoms with Crippen LogP contribution >= 0.6 is 0 Å². The lowest BCUT2D eigenvalue weighted by Gasteiger charge is -2.40. The maximum atomic E-state index is 13.0. The van der Waals surface area contributed by atoms with E-state index in [1.807, 2.05) is 9.80 Å². The van der Waals surface area contributed by atoms with Crippen molar-refractivity contribution in [3.05, 3.63) is 36.2 Å². The van der Waals surface area contributed by atoms with Crippen molar-refractivity contribution in [3.63, 3.8) is 0 Å². The molecular formula is C18H18F3N7. The van der Waals surface area contributed by atoms with Gasteiger partial charge in [-0.1, -0.05) is 0 Å². The van der Waals surface area contributed by atoms with Gasteiger partial charge in [0, 0.05) is 43.6 Å². The van der Waals surface area contributed by atoms with Crippen molar-refractivity contribution in [2.45, 2.75) is 43.9 Å². The number of piperidine rings is 1. The van der Waals surface area contributed by atoms with Crippen molar-refractivity contribution in [1.29, 1.82) is 5.26 Å². The molecule has 2 aliphatic rings. The highest BCUT2D eigenvalue weighted by atomic mass is 19.4. The van der Waals surface area contributed by atoms with Gasteiger partial charge in [0.25, 0.3) is 0 Å². The summed E-state index contributed by atoms with van der Waals surface area (Å²) in [5.41, 5.74) is -0.635. The van der Waals surface area contributed by atoms with E-state index in [1.54, 1.807) is 6.20 Å². The Morgan fingerprint density at radius 3 is 2.32 bits per heavy atom. The lowest BCUT2D eigenvalue weighted by Crippen LogP contribution is -2.47. The molecule has 146 valence electrons. The van der Waals surface area contributed by atoms with Crippen LogP contribution in [0.15, 0.2) is 24.8 Å². The van der Waals surface area contributed by atoms with Crippen LogP contribution < -0.4 is 9.80 Å². The van der Waals surface area contributed by atoms with Gasteiger partial charge in [0.1, 0.15) is 23.9 Å². The third kappa shape index (κ3) is 3.69. The standard InChI is InChI=1S/C18H18F3N7/c19-18(20,21)15-9-16(26-11-25-15)28(12-1-2-12)13-3-7-27(8-4-13)17-14(10-22)23-5-6-24-17/h5-6,9,11-13H,1-4,7-8H2. The lowest BCUT2D eigenvalue weighted by molar-refractivity contribution is -0.141. The first-order chi connectivity index (χ1) is 13.5. The molecule has 0 amide bonds. The van der Waals surface area contributed by atoms with Crippen LogP contribution in [0.4, 0.5) is 24.8 Å². The number of anilines is 2. The van der Waals surface area contributed by atoms with E-state index in [9.17, 15) is 18.4 Å². The van der Waals surface area contributed by atoms with Crippen LogP contribution in [0.5, 0.6) is 0 Å². The molecule has 1 saturated carbocycles. The summed E-state index contributed by atoms with van der Waals surface area (Å²) in [5, 5.41) is 9.22. The van der Waals surface area contributed by atoms with Crippen molar-refractivity contribution in [2.24, 2.45) is 0 Å². The third-order valence-corrected chi connectivity index (χ3v) is 5.09. The molecular weight excluding hydrogens is 371 g/mol. The number of hydrogen-bond acceptors (Lipinski definition) is 7. The fourth-order valence-corrected chi connectivity index (χ4v) is 3.67. The molecule has 1 aliphatic heterocycles. The zero-order chi connectivity index (χ0) is 19.7. The molecule has 4 rings (SSSR count). The van der Waals surface area contributed by atoms with Crippen molar-refractivity contribution in [2.75, 3.05) is 22.9 Å². The first kappa shape index (κ1) is 18.4. The molecule has 7 nitrogen and oxygen atoms in total. The van der Waals surface area contributed by atoms with Gasteiger partial charge in [-0.3, -0.25) is 0 Å². The van der Waals surface area contributed by atoms with Gasteiger partial charge in [-0.25, -0.2) is 19.9 Å². The number of aromatic nitrogens is 4. The van der Waals surface area contributed by atoms with Crippen molar-refractivity contribution >= 4 is 11.6 Å². The van der Waals surface area contributed by atoms with E-state index in [1.165, 1.54) is 6.20 Å². The molecule has 2 aromatic heterocycles. The molecule has 0 aromatic carbocycles. The van der Waals surface area contributed by atoms with E-state index in [0.29, 0.717) is 24.7 Å². The molecule has 0 radical (unpaired) electrons. The molecule has 0 bridgehead atoms. The van der Waals surface area contributed by atoms with Gasteiger partial charge in [-0.2, -0.15) is 18.4 Å². The summed E-state index contributed by atoms with van der Waals surface area (Å²) in [4.78, 5) is 19.8. The normalized spacial score (nSPS) is 18.0. The second kappa shape index (κ2) is 7.22. The molecule has 0 N–H and O–H groups in total. The Hall–Kier alpha value is -2.96. The van der Waals surface area contributed by atoms with Crippen LogP contribution in [0.25, 0.3) is 0 Å². The summed E-state index contributed by atoms with van der Waals surface area (Å²) < 4.78 is 39.1. The third-order valence-electron chi connectivity index (χ3n) is 5.09. The number of rotatable bonds is 4. The highest BCUT2D eigenvalue weighted by Gasteiger charge is 2.39. The molecule has 28 heavy (non-hydrogen) atoms. The van der Waals surface area contributed by atoms with E-state index >= 15 is 0 Å². The summed E-state index contributed by atoms with van der Waals surface area (Å²) in [6.45, 7) is 1.30. The maximum absolute atomic E-state index is 13.0. The molecule has 1 saturated heterocycles. The zero-order valence-electron chi connectivity index (χ0n) is 15.0. The van der Waals surface area contributed by atoms with Crippen LogP contribution in [0.2, 0.25) is 0 Å². The van der Waals surface area contributed by atoms with Gasteiger partial charge in [-0.05, 0) is 25.7 Å². The monoisotopic (exact) mass is 389 g/mol. The van der Waals surface area contributed by atoms with Crippen LogP contribution in [-0.4, -0.2) is 45.1 Å². The zero-order valence-corrected chi connectivity index (χ0v) is 15.0. The maximum Gasteiger partial charge on any atom is 0.433 e. The Morgan fingerprint density at radius 2 is 1.68 bits per heavy atom. The molecule has 2 aromatic rings. The summed E-state index contributed by atoms with van der Waals surface area (Å²) in [5.74, 6) is 0.892. The van der Waals surface area contributed by atoms with E-state index in [2.05, 4.69) is 26.0 Å². The molecule has 0 atom stereocenters. The Labute approximate surface area is 159 Å². The average molecular weight is 389 g/mol. The van der Waals surface area contributed by atoms with E-state index in [0.717, 1.165) is 38.1 Å². The second-order valence-corrected chi connectivity index (χ2v) is 6.96. The first-order valence-corrected chi connectivity index (χ1v) is 9.11. The Morgan fingerprint density at radius 1 is 1.00 bits per heavy atom. The Kier molecular flexibility index (Phi) is 4.75. The second-order valence-electron chi connectivity index (χ2n) is 6.96. The molecule has 0 spiro atoms. The minimum absolute atomic E-state index is 0.0851. The SMILES string of the molecule is N#Cc1nccnc1N1CCC(N(c2cc(C(F)(F)F)ncn2)C2CC2)CC1. The highest BCUT2D eigenvalue weighted by Crippen LogP contribution is 2.37. The summed E-state index contributed by atoms with van der Waals surface area (Å²) in [7, 11) is 0. The molecule has 1 aliphatic carbocycles. The minimum Gasteiger partial charge on any atom is -0.354 e. The Bertz CT molecular complexity index is 883. The van der Waals surface area contributed by atoms with Crippen molar-refractivity contribution in [1.82, 2.24) is 19.9 Å². The van der Waals surface area contributed by atoms with Gasteiger partial charge in [0.05, 0.1) is 0 Å². The smallest absolute Gasteiger partial charge is 0.354 e. The van der Waals surface area contributed by atoms with Gasteiger partial charge in [0.2, 0.25) is 0 Å². The first-order valence-electron chi connectivity index (χ1n) is 9.11. The van der Waals surface area contributed by atoms with Crippen LogP contribution in [0.3, 0.4) is 0 Å². The quantitative estimate of drug-likeness (QED) is 0.795. The van der Waals surface area contributed by atoms with Crippen molar-refractivity contribution in [3.8, 4) is 6.07 Å². The number of alkyl halides is 3. The topological polar surface area (TPSA) is 81.8 Å². The molecule has 0 unspecified atom stereocenters. The predicted octanol–water partition coefficient (Wildman–Crippen LogP) is 2.79.